The van der Waals surface area contributed by atoms with Crippen molar-refractivity contribution in [3.8, 4) is 0 Å². The second-order valence-electron chi connectivity index (χ2n) is 13.6. The van der Waals surface area contributed by atoms with Crippen molar-refractivity contribution in [1.29, 1.82) is 0 Å². The van der Waals surface area contributed by atoms with E-state index in [0.29, 0.717) is 54.1 Å². The highest BCUT2D eigenvalue weighted by atomic mass is 16.6. The lowest BCUT2D eigenvalue weighted by molar-refractivity contribution is -1.14. The molecule has 2 saturated heterocycles. The highest BCUT2D eigenvalue weighted by Crippen LogP contribution is 2.67. The highest BCUT2D eigenvalue weighted by Gasteiger charge is 2.68. The van der Waals surface area contributed by atoms with E-state index in [2.05, 4.69) is 13.8 Å². The summed E-state index contributed by atoms with van der Waals surface area (Å²) in [6.07, 6.45) is 8.19. The fraction of sp³-hybridized carbons (Fsp3) is 0.963. The molecule has 0 amide bonds. The largest absolute Gasteiger partial charge is 0.393 e. The molecular formula is C27H44NO4+. The molecule has 13 atom stereocenters. The summed E-state index contributed by atoms with van der Waals surface area (Å²) in [5, 5.41) is 34.0. The van der Waals surface area contributed by atoms with Crippen LogP contribution in [-0.4, -0.2) is 56.7 Å². The van der Waals surface area contributed by atoms with Gasteiger partial charge in [-0.15, -0.1) is 0 Å². The summed E-state index contributed by atoms with van der Waals surface area (Å²) in [6, 6.07) is -0.0523. The van der Waals surface area contributed by atoms with Crippen molar-refractivity contribution in [1.82, 2.24) is 0 Å². The lowest BCUT2D eigenvalue weighted by Gasteiger charge is -2.60. The molecule has 2 heterocycles. The van der Waals surface area contributed by atoms with Gasteiger partial charge in [-0.1, -0.05) is 13.8 Å². The third kappa shape index (κ3) is 2.86. The van der Waals surface area contributed by atoms with Crippen LogP contribution in [0.2, 0.25) is 0 Å². The molecule has 0 unspecified atom stereocenters. The van der Waals surface area contributed by atoms with Crippen molar-refractivity contribution in [2.24, 2.45) is 52.8 Å². The number of rotatable bonds is 0. The van der Waals surface area contributed by atoms with Crippen molar-refractivity contribution in [3.63, 3.8) is 0 Å². The first-order valence-electron chi connectivity index (χ1n) is 13.6. The maximum atomic E-state index is 13.3. The average Bonchev–Trinajstić information content (AvgIpc) is 3.08. The first kappa shape index (κ1) is 22.0. The number of fused-ring (bicyclic) bond motifs is 8. The normalized spacial score (nSPS) is 61.8. The maximum Gasteiger partial charge on any atom is 0.148 e. The SMILES string of the molecule is C[C@@H]1CC[C@H]2[C@](C)(O)[C@@H]3CC[C@@H]4[C@@H](C[C@H]5[C@H]4CC(=O)[C@H]4C[C@H](O)CC[C@@]45C)[C@H]3C[N@+]2(O)C1. The molecule has 6 rings (SSSR count). The number of Topliss-reactive ketones (excluding diaryl/α,β-unsaturated/α-hetero) is 1. The predicted molar refractivity (Wildman–Crippen MR) is 120 cm³/mol. The Kier molecular flexibility index (Phi) is 4.83. The number of hydrogen-bond donors (Lipinski definition) is 3. The minimum atomic E-state index is -0.812. The molecule has 6 fully saturated rings. The van der Waals surface area contributed by atoms with Gasteiger partial charge in [-0.05, 0) is 81.0 Å². The Bertz CT molecular complexity index is 794. The van der Waals surface area contributed by atoms with E-state index in [1.165, 1.54) is 0 Å². The zero-order valence-electron chi connectivity index (χ0n) is 20.2. The maximum absolute atomic E-state index is 13.3. The molecule has 5 nitrogen and oxygen atoms in total. The van der Waals surface area contributed by atoms with Gasteiger partial charge < -0.3 is 10.2 Å². The average molecular weight is 447 g/mol. The van der Waals surface area contributed by atoms with E-state index in [9.17, 15) is 20.2 Å². The summed E-state index contributed by atoms with van der Waals surface area (Å²) < 4.78 is 0.0684. The number of carbonyl (C=O) groups is 1. The molecule has 0 aromatic heterocycles. The van der Waals surface area contributed by atoms with Crippen molar-refractivity contribution in [2.75, 3.05) is 13.1 Å². The summed E-state index contributed by atoms with van der Waals surface area (Å²) in [5.41, 5.74) is -0.787. The lowest BCUT2D eigenvalue weighted by atomic mass is 9.51. The van der Waals surface area contributed by atoms with Gasteiger partial charge in [0, 0.05) is 36.5 Å². The smallest absolute Gasteiger partial charge is 0.148 e. The zero-order valence-corrected chi connectivity index (χ0v) is 20.2. The van der Waals surface area contributed by atoms with Gasteiger partial charge >= 0.3 is 0 Å². The second-order valence-corrected chi connectivity index (χ2v) is 13.6. The topological polar surface area (TPSA) is 77.8 Å². The molecule has 0 aromatic rings. The second kappa shape index (κ2) is 7.02. The monoisotopic (exact) mass is 446 g/mol. The molecule has 32 heavy (non-hydrogen) atoms. The number of nitrogens with zero attached hydrogens (tertiary/aromatic N) is 1. The highest BCUT2D eigenvalue weighted by molar-refractivity contribution is 5.83. The van der Waals surface area contributed by atoms with E-state index < -0.39 is 5.60 Å². The van der Waals surface area contributed by atoms with Crippen molar-refractivity contribution < 1.29 is 24.9 Å². The number of ketones is 1. The molecule has 180 valence electrons. The molecule has 5 heteroatoms. The van der Waals surface area contributed by atoms with Gasteiger partial charge in [0.05, 0.1) is 6.10 Å². The molecule has 0 aromatic carbocycles. The van der Waals surface area contributed by atoms with Crippen LogP contribution in [0.25, 0.3) is 0 Å². The van der Waals surface area contributed by atoms with E-state index in [-0.39, 0.29) is 34.0 Å². The Morgan fingerprint density at radius 3 is 2.47 bits per heavy atom. The molecule has 4 aliphatic carbocycles. The van der Waals surface area contributed by atoms with E-state index in [4.69, 9.17) is 0 Å². The van der Waals surface area contributed by atoms with Crippen molar-refractivity contribution >= 4 is 5.78 Å². The third-order valence-corrected chi connectivity index (χ3v) is 12.1. The zero-order chi connectivity index (χ0) is 22.6. The van der Waals surface area contributed by atoms with Crippen LogP contribution in [0.4, 0.5) is 0 Å². The molecule has 0 bridgehead atoms. The van der Waals surface area contributed by atoms with E-state index >= 15 is 0 Å². The third-order valence-electron chi connectivity index (χ3n) is 12.1. The number of aliphatic hydroxyl groups excluding tert-OH is 1. The Labute approximate surface area is 193 Å². The summed E-state index contributed by atoms with van der Waals surface area (Å²) in [7, 11) is 0. The lowest BCUT2D eigenvalue weighted by Crippen LogP contribution is -2.74. The Hall–Kier alpha value is -0.490. The van der Waals surface area contributed by atoms with Crippen LogP contribution in [0.3, 0.4) is 0 Å². The summed E-state index contributed by atoms with van der Waals surface area (Å²) in [5.74, 6) is 3.67. The summed E-state index contributed by atoms with van der Waals surface area (Å²) in [4.78, 5) is 13.3. The van der Waals surface area contributed by atoms with Gasteiger partial charge in [-0.2, -0.15) is 4.65 Å². The Morgan fingerprint density at radius 1 is 0.906 bits per heavy atom. The Balaban J connectivity index is 1.33. The van der Waals surface area contributed by atoms with Gasteiger partial charge in [0.15, 0.2) is 0 Å². The van der Waals surface area contributed by atoms with Gasteiger partial charge in [0.1, 0.15) is 30.5 Å². The van der Waals surface area contributed by atoms with Crippen LogP contribution in [0, 0.1) is 52.8 Å². The van der Waals surface area contributed by atoms with E-state index in [1.54, 1.807) is 0 Å². The van der Waals surface area contributed by atoms with Crippen molar-refractivity contribution in [3.05, 3.63) is 0 Å². The minimum Gasteiger partial charge on any atom is -0.393 e. The number of aliphatic hydroxyl groups is 2. The van der Waals surface area contributed by atoms with Gasteiger partial charge in [0.25, 0.3) is 0 Å². The van der Waals surface area contributed by atoms with E-state index in [1.807, 2.05) is 6.92 Å². The molecule has 0 radical (unpaired) electrons. The molecule has 0 spiro atoms. The van der Waals surface area contributed by atoms with Gasteiger partial charge in [-0.25, -0.2) is 5.21 Å². The van der Waals surface area contributed by atoms with Crippen LogP contribution in [-0.2, 0) is 4.79 Å². The number of hydroxylamine groups is 3. The quantitative estimate of drug-likeness (QED) is 0.495. The first-order valence-corrected chi connectivity index (χ1v) is 13.6. The number of piperidine rings is 2. The predicted octanol–water partition coefficient (Wildman–Crippen LogP) is 3.79. The van der Waals surface area contributed by atoms with Crippen LogP contribution < -0.4 is 0 Å². The summed E-state index contributed by atoms with van der Waals surface area (Å²) in [6.45, 7) is 8.19. The van der Waals surface area contributed by atoms with Crippen LogP contribution in [0.1, 0.15) is 78.6 Å². The van der Waals surface area contributed by atoms with Crippen LogP contribution in [0.5, 0.6) is 0 Å². The van der Waals surface area contributed by atoms with Crippen LogP contribution >= 0.6 is 0 Å². The fourth-order valence-corrected chi connectivity index (χ4v) is 10.8. The standard InChI is InChI=1S/C27H44NO4/c1-15-4-7-25-27(3,31)21-6-5-17-18(20(21)14-28(25,32)13-15)11-22-19(17)12-24(30)23-10-16(29)8-9-26(22,23)2/h15-23,25,29,31-32H,4-14H2,1-3H3/q+1/t15-,16-,17-,18-,19+,20-,21-,22+,23-,25+,26-,27-,28-/m1/s1. The number of hydrogen-bond acceptors (Lipinski definition) is 4. The molecule has 2 aliphatic heterocycles. The van der Waals surface area contributed by atoms with Gasteiger partial charge in [0.2, 0.25) is 0 Å². The number of quaternary nitrogens is 1. The number of carbonyl (C=O) groups excluding carboxylic acids is 1. The Morgan fingerprint density at radius 2 is 1.69 bits per heavy atom. The van der Waals surface area contributed by atoms with Gasteiger partial charge in [-0.3, -0.25) is 4.79 Å². The van der Waals surface area contributed by atoms with E-state index in [0.717, 1.165) is 58.0 Å². The first-order chi connectivity index (χ1) is 15.0. The van der Waals surface area contributed by atoms with Crippen molar-refractivity contribution in [2.45, 2.75) is 96.3 Å². The molecule has 4 saturated carbocycles. The van der Waals surface area contributed by atoms with Crippen LogP contribution in [0.15, 0.2) is 0 Å². The molecule has 3 N–H and O–H groups in total. The fourth-order valence-electron chi connectivity index (χ4n) is 10.8. The molecular weight excluding hydrogens is 402 g/mol. The minimum absolute atomic E-state index is 0.0247. The molecule has 6 aliphatic rings. The summed E-state index contributed by atoms with van der Waals surface area (Å²) >= 11 is 0.